The van der Waals surface area contributed by atoms with Crippen molar-refractivity contribution in [3.63, 3.8) is 0 Å². The van der Waals surface area contributed by atoms with E-state index in [0.717, 1.165) is 5.69 Å². The Morgan fingerprint density at radius 2 is 1.81 bits per heavy atom. The average Bonchev–Trinajstić information content (AvgIpc) is 2.96. The van der Waals surface area contributed by atoms with E-state index in [1.54, 1.807) is 47.4 Å². The summed E-state index contributed by atoms with van der Waals surface area (Å²) in [6.45, 7) is 0.911. The lowest BCUT2D eigenvalue weighted by Gasteiger charge is -2.19. The Balaban J connectivity index is 1.64. The average molecular weight is 394 g/mol. The number of anilines is 2. The molecular formula is C18H17Cl2N3O3. The zero-order chi connectivity index (χ0) is 18.7. The van der Waals surface area contributed by atoms with Crippen molar-refractivity contribution in [3.05, 3.63) is 52.5 Å². The Morgan fingerprint density at radius 1 is 1.12 bits per heavy atom. The number of hydrogen-bond acceptors (Lipinski definition) is 3. The number of nitrogens with one attached hydrogen (secondary N) is 1. The largest absolute Gasteiger partial charge is 0.495 e. The highest BCUT2D eigenvalue weighted by molar-refractivity contribution is 6.31. The summed E-state index contributed by atoms with van der Waals surface area (Å²) >= 11 is 11.8. The second-order valence-electron chi connectivity index (χ2n) is 5.72. The lowest BCUT2D eigenvalue weighted by Crippen LogP contribution is -2.37. The summed E-state index contributed by atoms with van der Waals surface area (Å²) in [6, 6.07) is 11.7. The van der Waals surface area contributed by atoms with Crippen LogP contribution in [0.1, 0.15) is 0 Å². The van der Waals surface area contributed by atoms with Crippen LogP contribution in [0.3, 0.4) is 0 Å². The molecule has 1 aliphatic heterocycles. The Kier molecular flexibility index (Phi) is 5.54. The highest BCUT2D eigenvalue weighted by Gasteiger charge is 2.30. The number of carbonyl (C=O) groups is 2. The summed E-state index contributed by atoms with van der Waals surface area (Å²) in [5, 5.41) is 3.82. The monoisotopic (exact) mass is 393 g/mol. The van der Waals surface area contributed by atoms with Gasteiger partial charge in [-0.05, 0) is 42.5 Å². The molecule has 0 saturated carbocycles. The first-order chi connectivity index (χ1) is 12.5. The SMILES string of the molecule is COc1ccc(Cl)cc1NC(=O)CN1CCN(c2ccc(Cl)cc2)C1=O. The van der Waals surface area contributed by atoms with E-state index in [0.29, 0.717) is 34.6 Å². The number of ether oxygens (including phenoxy) is 1. The van der Waals surface area contributed by atoms with Gasteiger partial charge >= 0.3 is 6.03 Å². The smallest absolute Gasteiger partial charge is 0.325 e. The van der Waals surface area contributed by atoms with Crippen molar-refractivity contribution in [2.24, 2.45) is 0 Å². The zero-order valence-corrected chi connectivity index (χ0v) is 15.5. The van der Waals surface area contributed by atoms with Crippen LogP contribution in [0.25, 0.3) is 0 Å². The standard InChI is InChI=1S/C18H17Cl2N3O3/c1-26-16-7-4-13(20)10-15(16)21-17(24)11-22-8-9-23(18(22)25)14-5-2-12(19)3-6-14/h2-7,10H,8-9,11H2,1H3,(H,21,24). The molecule has 1 aliphatic rings. The van der Waals surface area contributed by atoms with Crippen molar-refractivity contribution in [1.29, 1.82) is 0 Å². The van der Waals surface area contributed by atoms with Crippen molar-refractivity contribution in [2.45, 2.75) is 0 Å². The van der Waals surface area contributed by atoms with Crippen LogP contribution in [0.2, 0.25) is 10.0 Å². The van der Waals surface area contributed by atoms with Gasteiger partial charge in [-0.25, -0.2) is 4.79 Å². The summed E-state index contributed by atoms with van der Waals surface area (Å²) in [4.78, 5) is 28.0. The fraction of sp³-hybridized carbons (Fsp3) is 0.222. The molecule has 3 rings (SSSR count). The number of halogens is 2. The molecule has 26 heavy (non-hydrogen) atoms. The molecule has 0 bridgehead atoms. The molecule has 1 fully saturated rings. The predicted molar refractivity (Wildman–Crippen MR) is 102 cm³/mol. The molecule has 1 saturated heterocycles. The lowest BCUT2D eigenvalue weighted by atomic mass is 10.3. The highest BCUT2D eigenvalue weighted by atomic mass is 35.5. The van der Waals surface area contributed by atoms with E-state index in [2.05, 4.69) is 5.32 Å². The molecule has 8 heteroatoms. The molecule has 0 atom stereocenters. The number of hydrogen-bond donors (Lipinski definition) is 1. The van der Waals surface area contributed by atoms with Gasteiger partial charge in [0.15, 0.2) is 0 Å². The van der Waals surface area contributed by atoms with Gasteiger partial charge in [-0.1, -0.05) is 23.2 Å². The van der Waals surface area contributed by atoms with E-state index in [-0.39, 0.29) is 18.5 Å². The van der Waals surface area contributed by atoms with Crippen LogP contribution in [-0.2, 0) is 4.79 Å². The van der Waals surface area contributed by atoms with Gasteiger partial charge in [-0.3, -0.25) is 9.69 Å². The topological polar surface area (TPSA) is 61.9 Å². The Bertz CT molecular complexity index is 827. The number of amides is 3. The first kappa shape index (κ1) is 18.4. The Morgan fingerprint density at radius 3 is 2.50 bits per heavy atom. The fourth-order valence-electron chi connectivity index (χ4n) is 2.73. The summed E-state index contributed by atoms with van der Waals surface area (Å²) in [7, 11) is 1.51. The van der Waals surface area contributed by atoms with Crippen LogP contribution in [0.15, 0.2) is 42.5 Å². The quantitative estimate of drug-likeness (QED) is 0.837. The van der Waals surface area contributed by atoms with Gasteiger partial charge in [0.25, 0.3) is 0 Å². The minimum atomic E-state index is -0.322. The number of carbonyl (C=O) groups excluding carboxylic acids is 2. The van der Waals surface area contributed by atoms with Crippen molar-refractivity contribution in [2.75, 3.05) is 37.0 Å². The normalized spacial score (nSPS) is 13.9. The zero-order valence-electron chi connectivity index (χ0n) is 14.0. The second kappa shape index (κ2) is 7.85. The third-order valence-corrected chi connectivity index (χ3v) is 4.49. The number of benzene rings is 2. The van der Waals surface area contributed by atoms with Gasteiger partial charge < -0.3 is 15.0 Å². The molecule has 0 radical (unpaired) electrons. The van der Waals surface area contributed by atoms with Crippen molar-refractivity contribution >= 4 is 46.5 Å². The van der Waals surface area contributed by atoms with E-state index in [9.17, 15) is 9.59 Å². The second-order valence-corrected chi connectivity index (χ2v) is 6.60. The third-order valence-electron chi connectivity index (χ3n) is 4.00. The van der Waals surface area contributed by atoms with Gasteiger partial charge in [-0.2, -0.15) is 0 Å². The first-order valence-electron chi connectivity index (χ1n) is 7.93. The van der Waals surface area contributed by atoms with Crippen LogP contribution in [0.5, 0.6) is 5.75 Å². The molecule has 1 heterocycles. The van der Waals surface area contributed by atoms with Gasteiger partial charge in [0.05, 0.1) is 12.8 Å². The molecule has 3 amide bonds. The molecule has 0 unspecified atom stereocenters. The molecule has 2 aromatic rings. The van der Waals surface area contributed by atoms with Crippen LogP contribution < -0.4 is 15.0 Å². The summed E-state index contributed by atoms with van der Waals surface area (Å²) in [5.74, 6) is 0.176. The minimum Gasteiger partial charge on any atom is -0.495 e. The maximum absolute atomic E-state index is 12.5. The fourth-order valence-corrected chi connectivity index (χ4v) is 3.03. The van der Waals surface area contributed by atoms with E-state index in [1.165, 1.54) is 12.0 Å². The maximum Gasteiger partial charge on any atom is 0.325 e. The summed E-state index contributed by atoms with van der Waals surface area (Å²) in [5.41, 5.74) is 1.21. The number of methoxy groups -OCH3 is 1. The molecule has 2 aromatic carbocycles. The predicted octanol–water partition coefficient (Wildman–Crippen LogP) is 3.88. The molecule has 0 aliphatic carbocycles. The summed E-state index contributed by atoms with van der Waals surface area (Å²) in [6.07, 6.45) is 0. The molecule has 6 nitrogen and oxygen atoms in total. The van der Waals surface area contributed by atoms with Crippen LogP contribution in [0, 0.1) is 0 Å². The van der Waals surface area contributed by atoms with Crippen molar-refractivity contribution in [3.8, 4) is 5.75 Å². The number of urea groups is 1. The van der Waals surface area contributed by atoms with Crippen LogP contribution in [-0.4, -0.2) is 43.6 Å². The van der Waals surface area contributed by atoms with E-state index in [1.807, 2.05) is 0 Å². The van der Waals surface area contributed by atoms with Crippen LogP contribution >= 0.6 is 23.2 Å². The first-order valence-corrected chi connectivity index (χ1v) is 8.69. The molecule has 136 valence electrons. The van der Waals surface area contributed by atoms with E-state index in [4.69, 9.17) is 27.9 Å². The van der Waals surface area contributed by atoms with Crippen LogP contribution in [0.4, 0.5) is 16.2 Å². The minimum absolute atomic E-state index is 0.0570. The van der Waals surface area contributed by atoms with Gasteiger partial charge in [0.1, 0.15) is 12.3 Å². The maximum atomic E-state index is 12.5. The van der Waals surface area contributed by atoms with Crippen molar-refractivity contribution in [1.82, 2.24) is 4.90 Å². The van der Waals surface area contributed by atoms with E-state index >= 15 is 0 Å². The highest BCUT2D eigenvalue weighted by Crippen LogP contribution is 2.28. The lowest BCUT2D eigenvalue weighted by molar-refractivity contribution is -0.116. The van der Waals surface area contributed by atoms with Gasteiger partial charge in [0, 0.05) is 28.8 Å². The number of rotatable bonds is 5. The van der Waals surface area contributed by atoms with Gasteiger partial charge in [0.2, 0.25) is 5.91 Å². The molecule has 1 N–H and O–H groups in total. The van der Waals surface area contributed by atoms with Gasteiger partial charge in [-0.15, -0.1) is 0 Å². The Labute approximate surface area is 161 Å². The molecule has 0 spiro atoms. The molecular weight excluding hydrogens is 377 g/mol. The Hall–Kier alpha value is -2.44. The third kappa shape index (κ3) is 4.03. The summed E-state index contributed by atoms with van der Waals surface area (Å²) < 4.78 is 5.20. The van der Waals surface area contributed by atoms with Crippen molar-refractivity contribution < 1.29 is 14.3 Å². The molecule has 0 aromatic heterocycles. The number of nitrogens with zero attached hydrogens (tertiary/aromatic N) is 2. The van der Waals surface area contributed by atoms with E-state index < -0.39 is 0 Å².